The van der Waals surface area contributed by atoms with Crippen molar-refractivity contribution in [3.63, 3.8) is 0 Å². The Morgan fingerprint density at radius 2 is 2.25 bits per heavy atom. The second-order valence-electron chi connectivity index (χ2n) is 3.29. The molecule has 0 aliphatic carbocycles. The molecule has 4 nitrogen and oxygen atoms in total. The molecule has 0 saturated carbocycles. The molecule has 0 aliphatic heterocycles. The monoisotopic (exact) mass is 237 g/mol. The summed E-state index contributed by atoms with van der Waals surface area (Å²) in [6, 6.07) is 3.56. The van der Waals surface area contributed by atoms with Gasteiger partial charge in [-0.3, -0.25) is 9.36 Å². The number of ether oxygens (including phenoxy) is 1. The molecule has 2 rings (SSSR count). The van der Waals surface area contributed by atoms with Crippen molar-refractivity contribution >= 4 is 33.4 Å². The van der Waals surface area contributed by atoms with Crippen LogP contribution in [0, 0.1) is 0 Å². The lowest BCUT2D eigenvalue weighted by Crippen LogP contribution is -2.15. The number of nitrogens with zero attached hydrogens (tertiary/aromatic N) is 1. The van der Waals surface area contributed by atoms with Gasteiger partial charge in [0.05, 0.1) is 6.61 Å². The lowest BCUT2D eigenvalue weighted by Gasteiger charge is -2.04. The third kappa shape index (κ3) is 1.63. The Bertz CT molecular complexity index is 553. The Morgan fingerprint density at radius 3 is 2.88 bits per heavy atom. The summed E-state index contributed by atoms with van der Waals surface area (Å²) in [5, 5.41) is 2.78. The van der Waals surface area contributed by atoms with Crippen molar-refractivity contribution in [2.75, 3.05) is 6.61 Å². The quantitative estimate of drug-likeness (QED) is 0.754. The normalized spacial score (nSPS) is 10.6. The maximum absolute atomic E-state index is 11.6. The Morgan fingerprint density at radius 1 is 1.50 bits per heavy atom. The number of thiophene rings is 1. The van der Waals surface area contributed by atoms with Crippen molar-refractivity contribution in [2.45, 2.75) is 13.8 Å². The number of hydrogen-bond donors (Lipinski definition) is 0. The van der Waals surface area contributed by atoms with Gasteiger partial charge < -0.3 is 4.74 Å². The van der Waals surface area contributed by atoms with E-state index in [0.29, 0.717) is 12.3 Å². The molecular weight excluding hydrogens is 226 g/mol. The van der Waals surface area contributed by atoms with Gasteiger partial charge in [0.25, 0.3) is 0 Å². The second kappa shape index (κ2) is 4.09. The molecule has 2 aromatic rings. The average Bonchev–Trinajstić information content (AvgIpc) is 2.74. The molecule has 0 aliphatic rings. The van der Waals surface area contributed by atoms with E-state index in [1.165, 1.54) is 22.8 Å². The summed E-state index contributed by atoms with van der Waals surface area (Å²) < 4.78 is 6.31. The molecule has 0 atom stereocenters. The zero-order chi connectivity index (χ0) is 11.7. The summed E-state index contributed by atoms with van der Waals surface area (Å²) in [6.07, 6.45) is 0. The molecule has 5 heteroatoms. The number of carbonyl (C=O) groups excluding carboxylic acids is 2. The molecule has 0 bridgehead atoms. The summed E-state index contributed by atoms with van der Waals surface area (Å²) in [7, 11) is 0. The van der Waals surface area contributed by atoms with Crippen LogP contribution in [0.3, 0.4) is 0 Å². The lowest BCUT2D eigenvalue weighted by atomic mass is 10.3. The highest BCUT2D eigenvalue weighted by Gasteiger charge is 2.19. The third-order valence-electron chi connectivity index (χ3n) is 2.21. The predicted molar refractivity (Wildman–Crippen MR) is 62.1 cm³/mol. The fourth-order valence-electron chi connectivity index (χ4n) is 1.59. The van der Waals surface area contributed by atoms with Crippen LogP contribution >= 0.6 is 11.3 Å². The van der Waals surface area contributed by atoms with Gasteiger partial charge in [0.15, 0.2) is 0 Å². The minimum absolute atomic E-state index is 0.180. The van der Waals surface area contributed by atoms with Gasteiger partial charge in [-0.1, -0.05) is 0 Å². The maximum Gasteiger partial charge on any atom is 0.355 e. The van der Waals surface area contributed by atoms with Crippen LogP contribution < -0.4 is 0 Å². The van der Waals surface area contributed by atoms with Gasteiger partial charge in [0.2, 0.25) is 5.91 Å². The van der Waals surface area contributed by atoms with E-state index in [0.717, 1.165) is 10.2 Å². The van der Waals surface area contributed by atoms with Crippen LogP contribution in [-0.4, -0.2) is 23.1 Å². The van der Waals surface area contributed by atoms with Gasteiger partial charge in [0.1, 0.15) is 10.5 Å². The molecule has 0 aromatic carbocycles. The molecule has 0 fully saturated rings. The number of esters is 1. The van der Waals surface area contributed by atoms with Gasteiger partial charge in [-0.15, -0.1) is 11.3 Å². The maximum atomic E-state index is 11.6. The molecule has 84 valence electrons. The van der Waals surface area contributed by atoms with Gasteiger partial charge in [-0.25, -0.2) is 4.79 Å². The highest BCUT2D eigenvalue weighted by Crippen LogP contribution is 2.25. The largest absolute Gasteiger partial charge is 0.461 e. The Kier molecular flexibility index (Phi) is 2.78. The first kappa shape index (κ1) is 10.9. The van der Waals surface area contributed by atoms with Crippen molar-refractivity contribution in [1.82, 2.24) is 4.57 Å². The molecule has 0 spiro atoms. The minimum atomic E-state index is -0.457. The van der Waals surface area contributed by atoms with E-state index in [1.54, 1.807) is 13.0 Å². The summed E-state index contributed by atoms with van der Waals surface area (Å²) in [4.78, 5) is 23.9. The summed E-state index contributed by atoms with van der Waals surface area (Å²) in [6.45, 7) is 3.47. The average molecular weight is 237 g/mol. The van der Waals surface area contributed by atoms with E-state index in [4.69, 9.17) is 4.74 Å². The van der Waals surface area contributed by atoms with Crippen LogP contribution in [0.15, 0.2) is 17.5 Å². The van der Waals surface area contributed by atoms with Crippen molar-refractivity contribution in [1.29, 1.82) is 0 Å². The van der Waals surface area contributed by atoms with Crippen LogP contribution in [0.1, 0.15) is 29.1 Å². The van der Waals surface area contributed by atoms with Gasteiger partial charge in [0, 0.05) is 12.3 Å². The molecule has 0 amide bonds. The number of aromatic nitrogens is 1. The Hall–Kier alpha value is -1.62. The Balaban J connectivity index is 2.59. The summed E-state index contributed by atoms with van der Waals surface area (Å²) >= 11 is 1.43. The van der Waals surface area contributed by atoms with Crippen LogP contribution in [0.5, 0.6) is 0 Å². The molecule has 0 N–H and O–H groups in total. The highest BCUT2D eigenvalue weighted by molar-refractivity contribution is 7.17. The smallest absolute Gasteiger partial charge is 0.355 e. The topological polar surface area (TPSA) is 48.3 Å². The number of carbonyl (C=O) groups is 2. The second-order valence-corrected chi connectivity index (χ2v) is 4.18. The van der Waals surface area contributed by atoms with Gasteiger partial charge in [-0.05, 0) is 24.4 Å². The Labute approximate surface area is 96.4 Å². The van der Waals surface area contributed by atoms with Crippen molar-refractivity contribution in [3.8, 4) is 0 Å². The predicted octanol–water partition coefficient (Wildman–Crippen LogP) is 2.54. The van der Waals surface area contributed by atoms with E-state index in [1.807, 2.05) is 11.4 Å². The first-order valence-corrected chi connectivity index (χ1v) is 5.80. The SMILES string of the molecule is CCOC(=O)c1cc2ccsc2n1C(C)=O. The standard InChI is InChI=1S/C11H11NO3S/c1-3-15-11(14)9-6-8-4-5-16-10(8)12(9)7(2)13/h4-6H,3H2,1-2H3. The molecule has 16 heavy (non-hydrogen) atoms. The van der Waals surface area contributed by atoms with Gasteiger partial charge in [-0.2, -0.15) is 0 Å². The van der Waals surface area contributed by atoms with Crippen LogP contribution in [0.4, 0.5) is 0 Å². The number of hydrogen-bond acceptors (Lipinski definition) is 4. The zero-order valence-corrected chi connectivity index (χ0v) is 9.84. The third-order valence-corrected chi connectivity index (χ3v) is 3.12. The van der Waals surface area contributed by atoms with E-state index < -0.39 is 5.97 Å². The fourth-order valence-corrected chi connectivity index (χ4v) is 2.53. The highest BCUT2D eigenvalue weighted by atomic mass is 32.1. The molecular formula is C11H11NO3S. The summed E-state index contributed by atoms with van der Waals surface area (Å²) in [5.74, 6) is -0.637. The minimum Gasteiger partial charge on any atom is -0.461 e. The van der Waals surface area contributed by atoms with E-state index >= 15 is 0 Å². The van der Waals surface area contributed by atoms with Crippen LogP contribution in [0.25, 0.3) is 10.2 Å². The zero-order valence-electron chi connectivity index (χ0n) is 9.02. The lowest BCUT2D eigenvalue weighted by molar-refractivity contribution is 0.0510. The van der Waals surface area contributed by atoms with E-state index in [9.17, 15) is 9.59 Å². The molecule has 0 unspecified atom stereocenters. The van der Waals surface area contributed by atoms with E-state index in [2.05, 4.69) is 0 Å². The first-order valence-electron chi connectivity index (χ1n) is 4.92. The van der Waals surface area contributed by atoms with Crippen molar-refractivity contribution in [2.24, 2.45) is 0 Å². The summed E-state index contributed by atoms with van der Waals surface area (Å²) in [5.41, 5.74) is 0.302. The van der Waals surface area contributed by atoms with Crippen molar-refractivity contribution < 1.29 is 14.3 Å². The first-order chi connectivity index (χ1) is 7.65. The fraction of sp³-hybridized carbons (Fsp3) is 0.273. The number of rotatable bonds is 2. The van der Waals surface area contributed by atoms with Gasteiger partial charge >= 0.3 is 5.97 Å². The number of fused-ring (bicyclic) bond motifs is 1. The molecule has 0 radical (unpaired) electrons. The molecule has 2 heterocycles. The van der Waals surface area contributed by atoms with Crippen LogP contribution in [0.2, 0.25) is 0 Å². The van der Waals surface area contributed by atoms with Crippen molar-refractivity contribution in [3.05, 3.63) is 23.2 Å². The van der Waals surface area contributed by atoms with Crippen LogP contribution in [-0.2, 0) is 4.74 Å². The molecule has 2 aromatic heterocycles. The van der Waals surface area contributed by atoms with E-state index in [-0.39, 0.29) is 5.91 Å². The molecule has 0 saturated heterocycles.